The second-order valence-electron chi connectivity index (χ2n) is 21.7. The van der Waals surface area contributed by atoms with E-state index in [2.05, 4.69) is 0 Å². The van der Waals surface area contributed by atoms with Crippen LogP contribution in [0.5, 0.6) is 0 Å². The number of carbonyl (C=O) groups excluding carboxylic acids is 3. The number of aliphatic hydroxyl groups is 3. The van der Waals surface area contributed by atoms with E-state index in [-0.39, 0.29) is 51.5 Å². The van der Waals surface area contributed by atoms with Gasteiger partial charge >= 0.3 is 0 Å². The van der Waals surface area contributed by atoms with E-state index in [1.54, 1.807) is 0 Å². The molecule has 0 aliphatic carbocycles. The number of benzene rings is 3. The first kappa shape index (κ1) is 61.9. The molecular weight excluding hydrogens is 883 g/mol. The molecule has 69 heavy (non-hydrogen) atoms. The number of carbonyl (C=O) groups is 3. The molecule has 0 amide bonds. The Balaban J connectivity index is 0.000000414. The molecule has 9 N–H and O–H groups in total. The SMILES string of the molecule is CC1(C)CC(O)CC(C)(C)[NH+]1O.CC1(C)CC(O)CC(C)(C)[NH+]1O.CC1(C)CC(O)CC(C)(C)[NH+]1O.O=C([O-])C=Cc1ccccc1.O=C([O-])C=Cc1ccccc1.O=C([O-])C=Cc1ccccc1. The van der Waals surface area contributed by atoms with Gasteiger partial charge in [0.2, 0.25) is 0 Å². The highest BCUT2D eigenvalue weighted by molar-refractivity contribution is 5.84. The summed E-state index contributed by atoms with van der Waals surface area (Å²) in [6.45, 7) is 23.7. The summed E-state index contributed by atoms with van der Waals surface area (Å²) in [4.78, 5) is 29.9. The van der Waals surface area contributed by atoms with E-state index in [9.17, 15) is 60.6 Å². The highest BCUT2D eigenvalue weighted by atomic mass is 16.5. The summed E-state index contributed by atoms with van der Waals surface area (Å²) >= 11 is 0. The maximum Gasteiger partial charge on any atom is 0.124 e. The number of aliphatic carboxylic acids is 3. The first-order valence-electron chi connectivity index (χ1n) is 23.2. The third-order valence-corrected chi connectivity index (χ3v) is 12.0. The zero-order valence-corrected chi connectivity index (χ0v) is 42.7. The van der Waals surface area contributed by atoms with Crippen molar-refractivity contribution < 1.29 is 75.8 Å². The first-order valence-corrected chi connectivity index (χ1v) is 23.2. The third-order valence-electron chi connectivity index (χ3n) is 12.0. The van der Waals surface area contributed by atoms with Crippen LogP contribution in [0.3, 0.4) is 0 Å². The fraction of sp³-hybridized carbons (Fsp3) is 0.500. The van der Waals surface area contributed by atoms with Gasteiger partial charge in [0.05, 0.1) is 36.2 Å². The lowest BCUT2D eigenvalue weighted by Gasteiger charge is -2.45. The number of hydrogen-bond donors (Lipinski definition) is 9. The molecule has 3 aromatic rings. The van der Waals surface area contributed by atoms with Crippen LogP contribution in [0.4, 0.5) is 0 Å². The summed E-state index contributed by atoms with van der Waals surface area (Å²) in [7, 11) is 0. The summed E-state index contributed by atoms with van der Waals surface area (Å²) < 4.78 is 0. The fourth-order valence-corrected chi connectivity index (χ4v) is 9.26. The van der Waals surface area contributed by atoms with Gasteiger partial charge in [0.1, 0.15) is 33.2 Å². The zero-order valence-electron chi connectivity index (χ0n) is 42.7. The van der Waals surface area contributed by atoms with Gasteiger partial charge in [-0.3, -0.25) is 0 Å². The lowest BCUT2D eigenvalue weighted by atomic mass is 9.80. The summed E-state index contributed by atoms with van der Waals surface area (Å²) in [5.41, 5.74) is 1.16. The van der Waals surface area contributed by atoms with Crippen LogP contribution in [0.25, 0.3) is 18.2 Å². The number of aliphatic hydroxyl groups excluding tert-OH is 3. The molecule has 0 saturated carbocycles. The van der Waals surface area contributed by atoms with Crippen LogP contribution in [-0.2, 0) is 14.4 Å². The highest BCUT2D eigenvalue weighted by Gasteiger charge is 2.51. The Morgan fingerprint density at radius 2 is 0.551 bits per heavy atom. The molecule has 0 aromatic heterocycles. The Morgan fingerprint density at radius 3 is 0.696 bits per heavy atom. The molecule has 15 heteroatoms. The summed E-state index contributed by atoms with van der Waals surface area (Å²) in [6, 6.07) is 27.6. The minimum Gasteiger partial charge on any atom is -0.545 e. The van der Waals surface area contributed by atoms with Crippen molar-refractivity contribution in [1.29, 1.82) is 0 Å². The summed E-state index contributed by atoms with van der Waals surface area (Å²) in [5, 5.41) is 89.9. The molecule has 3 aliphatic rings. The van der Waals surface area contributed by atoms with Crippen molar-refractivity contribution in [3.63, 3.8) is 0 Å². The van der Waals surface area contributed by atoms with Crippen LogP contribution in [0, 0.1) is 0 Å². The number of carboxylic acids is 3. The Bertz CT molecular complexity index is 1790. The summed E-state index contributed by atoms with van der Waals surface area (Å²) in [5.74, 6) is -3.52. The molecule has 3 aromatic carbocycles. The lowest BCUT2D eigenvalue weighted by molar-refractivity contribution is -1.16. The number of rotatable bonds is 6. The Hall–Kier alpha value is -5.07. The van der Waals surface area contributed by atoms with Crippen molar-refractivity contribution in [3.05, 3.63) is 126 Å². The van der Waals surface area contributed by atoms with Gasteiger partial charge in [-0.15, -0.1) is 0 Å². The molecule has 0 bridgehead atoms. The highest BCUT2D eigenvalue weighted by Crippen LogP contribution is 2.25. The fourth-order valence-electron chi connectivity index (χ4n) is 9.26. The molecule has 0 radical (unpaired) electrons. The standard InChI is InChI=1S/3C9H19NO2.3C9H8O2/c3*1-8(2)5-7(11)6-9(3,4)10(8)12;3*10-9(11)7-6-8-4-2-1-3-5-8/h3*7,11-12H,5-6H2,1-4H3;3*1-7H,(H,10,11). The Morgan fingerprint density at radius 1 is 0.391 bits per heavy atom. The number of hydroxylamine groups is 6. The van der Waals surface area contributed by atoms with E-state index in [1.807, 2.05) is 174 Å². The van der Waals surface area contributed by atoms with Crippen LogP contribution < -0.4 is 30.5 Å². The maximum atomic E-state index is 9.97. The van der Waals surface area contributed by atoms with E-state index in [0.717, 1.165) is 34.9 Å². The van der Waals surface area contributed by atoms with Crippen molar-refractivity contribution >= 4 is 36.1 Å². The number of quaternary nitrogens is 3. The number of carboxylic acid groups (broad SMARTS) is 3. The quantitative estimate of drug-likeness (QED) is 0.159. The van der Waals surface area contributed by atoms with E-state index < -0.39 is 17.9 Å². The lowest BCUT2D eigenvalue weighted by Crippen LogP contribution is -3.25. The molecule has 3 heterocycles. The minimum absolute atomic E-state index is 0.235. The third kappa shape index (κ3) is 23.4. The van der Waals surface area contributed by atoms with E-state index in [4.69, 9.17) is 0 Å². The molecule has 384 valence electrons. The van der Waals surface area contributed by atoms with E-state index in [0.29, 0.717) is 53.7 Å². The molecule has 3 aliphatic heterocycles. The smallest absolute Gasteiger partial charge is 0.124 e. The Labute approximate surface area is 409 Å². The molecule has 0 atom stereocenters. The van der Waals surface area contributed by atoms with Crippen LogP contribution in [0.1, 0.15) is 138 Å². The van der Waals surface area contributed by atoms with Crippen LogP contribution in [0.15, 0.2) is 109 Å². The van der Waals surface area contributed by atoms with Gasteiger partial charge in [-0.1, -0.05) is 109 Å². The molecule has 3 fully saturated rings. The van der Waals surface area contributed by atoms with Crippen molar-refractivity contribution in [2.45, 2.75) is 173 Å². The molecule has 0 spiro atoms. The minimum atomic E-state index is -1.17. The monoisotopic (exact) mass is 964 g/mol. The van der Waals surface area contributed by atoms with Gasteiger partial charge in [0, 0.05) is 38.5 Å². The van der Waals surface area contributed by atoms with Crippen LogP contribution >= 0.6 is 0 Å². The van der Waals surface area contributed by atoms with Gasteiger partial charge in [-0.25, -0.2) is 15.6 Å². The number of nitrogens with one attached hydrogen (secondary N) is 3. The predicted octanol–water partition coefficient (Wildman–Crippen LogP) is 1.27. The van der Waals surface area contributed by atoms with Crippen LogP contribution in [0.2, 0.25) is 0 Å². The van der Waals surface area contributed by atoms with Gasteiger partial charge in [0.25, 0.3) is 0 Å². The largest absolute Gasteiger partial charge is 0.545 e. The predicted molar refractivity (Wildman–Crippen MR) is 260 cm³/mol. The van der Waals surface area contributed by atoms with Gasteiger partial charge in [-0.05, 0) is 118 Å². The van der Waals surface area contributed by atoms with Gasteiger partial charge in [-0.2, -0.15) is 15.2 Å². The molecule has 3 saturated heterocycles. The maximum absolute atomic E-state index is 9.97. The normalized spacial score (nSPS) is 25.5. The van der Waals surface area contributed by atoms with Gasteiger partial charge in [0.15, 0.2) is 0 Å². The molecule has 0 unspecified atom stereocenters. The van der Waals surface area contributed by atoms with E-state index in [1.165, 1.54) is 18.2 Å². The van der Waals surface area contributed by atoms with E-state index >= 15 is 0 Å². The molecule has 6 rings (SSSR count). The molecular formula is C54H81N3O12. The molecule has 15 nitrogen and oxygen atoms in total. The van der Waals surface area contributed by atoms with Crippen molar-refractivity contribution in [3.8, 4) is 0 Å². The number of hydrogen-bond acceptors (Lipinski definition) is 12. The zero-order chi connectivity index (χ0) is 53.0. The van der Waals surface area contributed by atoms with Gasteiger partial charge < -0.3 is 45.0 Å². The second kappa shape index (κ2) is 27.4. The van der Waals surface area contributed by atoms with Crippen molar-refractivity contribution in [2.75, 3.05) is 0 Å². The average molecular weight is 964 g/mol. The second-order valence-corrected chi connectivity index (χ2v) is 21.7. The van der Waals surface area contributed by atoms with Crippen LogP contribution in [-0.4, -0.2) is 100 Å². The Kier molecular flexibility index (Phi) is 24.6. The van der Waals surface area contributed by atoms with Crippen molar-refractivity contribution in [2.24, 2.45) is 0 Å². The summed E-state index contributed by atoms with van der Waals surface area (Å²) in [6.07, 6.45) is 10.7. The van der Waals surface area contributed by atoms with Crippen molar-refractivity contribution in [1.82, 2.24) is 0 Å². The topological polar surface area (TPSA) is 255 Å². The number of piperidine rings is 3. The average Bonchev–Trinajstić information content (AvgIpc) is 3.23. The first-order chi connectivity index (χ1) is 31.6.